The molecule has 2 heterocycles. The fourth-order valence-corrected chi connectivity index (χ4v) is 5.37. The molecule has 4 rings (SSSR count). The van der Waals surface area contributed by atoms with Crippen LogP contribution in [0.3, 0.4) is 0 Å². The van der Waals surface area contributed by atoms with Gasteiger partial charge in [0.1, 0.15) is 5.58 Å². The van der Waals surface area contributed by atoms with Crippen LogP contribution in [-0.2, 0) is 9.59 Å². The van der Waals surface area contributed by atoms with Gasteiger partial charge in [0.2, 0.25) is 5.91 Å². The molecule has 1 N–H and O–H groups in total. The van der Waals surface area contributed by atoms with Crippen molar-refractivity contribution < 1.29 is 27.9 Å². The Kier molecular flexibility index (Phi) is 8.59. The zero-order valence-electron chi connectivity index (χ0n) is 21.3. The number of carboxylic acids is 1. The van der Waals surface area contributed by atoms with E-state index in [0.29, 0.717) is 30.8 Å². The standard InChI is InChI=1S/C29H34F2N2O4/c1-3-5-12-32(13-6-4-2)26(34)18-33-17-22(19-8-10-25-20(15-19)11-14-37-25)27(29(35)36)28(33)21-7-9-23(30)24(31)16-21/h7-11,14-16,22,27-28H,3-6,12-13,17-18H2,1-2H3,(H,35,36). The third-order valence-electron chi connectivity index (χ3n) is 7.33. The van der Waals surface area contributed by atoms with Gasteiger partial charge in [-0.25, -0.2) is 8.78 Å². The lowest BCUT2D eigenvalue weighted by Gasteiger charge is -2.30. The van der Waals surface area contributed by atoms with E-state index in [2.05, 4.69) is 13.8 Å². The molecule has 3 aromatic rings. The van der Waals surface area contributed by atoms with Crippen LogP contribution in [0.2, 0.25) is 0 Å². The molecule has 1 aromatic heterocycles. The maximum absolute atomic E-state index is 14.3. The van der Waals surface area contributed by atoms with Crippen LogP contribution < -0.4 is 0 Å². The number of benzene rings is 2. The highest BCUT2D eigenvalue weighted by atomic mass is 19.2. The van der Waals surface area contributed by atoms with Gasteiger partial charge in [0.05, 0.1) is 18.7 Å². The number of furan rings is 1. The Labute approximate surface area is 215 Å². The number of nitrogens with zero attached hydrogens (tertiary/aromatic N) is 2. The summed E-state index contributed by atoms with van der Waals surface area (Å²) in [5, 5.41) is 11.2. The van der Waals surface area contributed by atoms with Crippen LogP contribution in [0.4, 0.5) is 8.78 Å². The van der Waals surface area contributed by atoms with Gasteiger partial charge in [-0.3, -0.25) is 14.5 Å². The van der Waals surface area contributed by atoms with E-state index in [1.165, 1.54) is 6.07 Å². The van der Waals surface area contributed by atoms with E-state index in [9.17, 15) is 23.5 Å². The molecule has 1 fully saturated rings. The molecule has 0 radical (unpaired) electrons. The Hall–Kier alpha value is -3.26. The number of carbonyl (C=O) groups is 2. The molecule has 1 amide bonds. The summed E-state index contributed by atoms with van der Waals surface area (Å²) >= 11 is 0. The number of carboxylic acid groups (broad SMARTS) is 1. The molecule has 1 aliphatic heterocycles. The molecule has 3 unspecified atom stereocenters. The fraction of sp³-hybridized carbons (Fsp3) is 0.448. The Morgan fingerprint density at radius 1 is 1.00 bits per heavy atom. The van der Waals surface area contributed by atoms with Crippen molar-refractivity contribution in [2.75, 3.05) is 26.2 Å². The molecule has 1 aliphatic rings. The van der Waals surface area contributed by atoms with Crippen molar-refractivity contribution in [2.45, 2.75) is 51.5 Å². The molecule has 0 bridgehead atoms. The number of rotatable bonds is 11. The summed E-state index contributed by atoms with van der Waals surface area (Å²) in [7, 11) is 0. The second-order valence-electron chi connectivity index (χ2n) is 9.82. The number of aliphatic carboxylic acids is 1. The lowest BCUT2D eigenvalue weighted by molar-refractivity contribution is -0.144. The molecular formula is C29H34F2N2O4. The van der Waals surface area contributed by atoms with Crippen molar-refractivity contribution in [1.29, 1.82) is 0 Å². The van der Waals surface area contributed by atoms with Gasteiger partial charge in [-0.05, 0) is 54.3 Å². The van der Waals surface area contributed by atoms with Gasteiger partial charge in [0.25, 0.3) is 0 Å². The van der Waals surface area contributed by atoms with E-state index in [-0.39, 0.29) is 12.5 Å². The molecule has 198 valence electrons. The van der Waals surface area contributed by atoms with Crippen LogP contribution in [0.25, 0.3) is 11.0 Å². The second kappa shape index (κ2) is 11.9. The summed E-state index contributed by atoms with van der Waals surface area (Å²) < 4.78 is 33.5. The molecule has 37 heavy (non-hydrogen) atoms. The summed E-state index contributed by atoms with van der Waals surface area (Å²) in [6.07, 6.45) is 5.25. The topological polar surface area (TPSA) is 74.0 Å². The van der Waals surface area contributed by atoms with Gasteiger partial charge in [-0.2, -0.15) is 0 Å². The van der Waals surface area contributed by atoms with Gasteiger partial charge in [0.15, 0.2) is 11.6 Å². The first kappa shape index (κ1) is 26.8. The summed E-state index contributed by atoms with van der Waals surface area (Å²) in [6, 6.07) is 10.1. The number of halogens is 2. The summed E-state index contributed by atoms with van der Waals surface area (Å²) in [6.45, 7) is 5.72. The van der Waals surface area contributed by atoms with E-state index < -0.39 is 35.5 Å². The largest absolute Gasteiger partial charge is 0.481 e. The Balaban J connectivity index is 1.71. The van der Waals surface area contributed by atoms with E-state index in [4.69, 9.17) is 4.42 Å². The zero-order valence-corrected chi connectivity index (χ0v) is 21.3. The number of unbranched alkanes of at least 4 members (excludes halogenated alkanes) is 2. The lowest BCUT2D eigenvalue weighted by atomic mass is 9.82. The van der Waals surface area contributed by atoms with Crippen molar-refractivity contribution in [3.05, 3.63) is 71.5 Å². The monoisotopic (exact) mass is 512 g/mol. The number of likely N-dealkylation sites (tertiary alicyclic amines) is 1. The SMILES string of the molecule is CCCCN(CCCC)C(=O)CN1CC(c2ccc3occc3c2)C(C(=O)O)C1c1ccc(F)c(F)c1. The van der Waals surface area contributed by atoms with Crippen molar-refractivity contribution in [3.63, 3.8) is 0 Å². The highest BCUT2D eigenvalue weighted by Gasteiger charge is 2.48. The zero-order chi connectivity index (χ0) is 26.5. The molecule has 8 heteroatoms. The average molecular weight is 513 g/mol. The van der Waals surface area contributed by atoms with Gasteiger partial charge < -0.3 is 14.4 Å². The Bertz CT molecular complexity index is 1240. The average Bonchev–Trinajstić information content (AvgIpc) is 3.50. The molecule has 1 saturated heterocycles. The highest BCUT2D eigenvalue weighted by Crippen LogP contribution is 2.46. The highest BCUT2D eigenvalue weighted by molar-refractivity contribution is 5.80. The molecular weight excluding hydrogens is 478 g/mol. The van der Waals surface area contributed by atoms with Crippen molar-refractivity contribution in [1.82, 2.24) is 9.80 Å². The number of hydrogen-bond donors (Lipinski definition) is 1. The number of amides is 1. The minimum atomic E-state index is -1.05. The number of carbonyl (C=O) groups excluding carboxylic acids is 1. The van der Waals surface area contributed by atoms with Crippen molar-refractivity contribution >= 4 is 22.8 Å². The van der Waals surface area contributed by atoms with Crippen molar-refractivity contribution in [2.24, 2.45) is 5.92 Å². The molecule has 0 saturated carbocycles. The lowest BCUT2D eigenvalue weighted by Crippen LogP contribution is -2.42. The van der Waals surface area contributed by atoms with Crippen molar-refractivity contribution in [3.8, 4) is 0 Å². The predicted molar refractivity (Wildman–Crippen MR) is 137 cm³/mol. The normalized spacial score (nSPS) is 19.9. The van der Waals surface area contributed by atoms with Gasteiger partial charge in [-0.15, -0.1) is 0 Å². The van der Waals surface area contributed by atoms with Crippen LogP contribution in [0.5, 0.6) is 0 Å². The van der Waals surface area contributed by atoms with Gasteiger partial charge >= 0.3 is 5.97 Å². The van der Waals surface area contributed by atoms with Crippen LogP contribution in [0.15, 0.2) is 53.1 Å². The van der Waals surface area contributed by atoms with Gasteiger partial charge in [0, 0.05) is 37.0 Å². The van der Waals surface area contributed by atoms with E-state index in [1.807, 2.05) is 28.0 Å². The summed E-state index contributed by atoms with van der Waals surface area (Å²) in [5.74, 6) is -4.57. The van der Waals surface area contributed by atoms with Gasteiger partial charge in [-0.1, -0.05) is 38.8 Å². The minimum Gasteiger partial charge on any atom is -0.481 e. The molecule has 2 aromatic carbocycles. The first-order valence-corrected chi connectivity index (χ1v) is 13.0. The maximum atomic E-state index is 14.3. The Morgan fingerprint density at radius 3 is 2.35 bits per heavy atom. The van der Waals surface area contributed by atoms with E-state index in [1.54, 1.807) is 12.3 Å². The first-order chi connectivity index (χ1) is 17.8. The quantitative estimate of drug-likeness (QED) is 0.342. The van der Waals surface area contributed by atoms with Crippen LogP contribution in [0.1, 0.15) is 62.6 Å². The smallest absolute Gasteiger partial charge is 0.309 e. The second-order valence-corrected chi connectivity index (χ2v) is 9.82. The molecule has 0 aliphatic carbocycles. The summed E-state index contributed by atoms with van der Waals surface area (Å²) in [5.41, 5.74) is 1.85. The van der Waals surface area contributed by atoms with Crippen LogP contribution >= 0.6 is 0 Å². The predicted octanol–water partition coefficient (Wildman–Crippen LogP) is 5.98. The van der Waals surface area contributed by atoms with Crippen LogP contribution in [-0.4, -0.2) is 53.0 Å². The summed E-state index contributed by atoms with van der Waals surface area (Å²) in [4.78, 5) is 29.8. The first-order valence-electron chi connectivity index (χ1n) is 13.0. The van der Waals surface area contributed by atoms with E-state index in [0.717, 1.165) is 48.8 Å². The molecule has 6 nitrogen and oxygen atoms in total. The number of fused-ring (bicyclic) bond motifs is 1. The third-order valence-corrected chi connectivity index (χ3v) is 7.33. The molecule has 3 atom stereocenters. The minimum absolute atomic E-state index is 0.00528. The third kappa shape index (κ3) is 5.85. The Morgan fingerprint density at radius 2 is 1.70 bits per heavy atom. The molecule has 0 spiro atoms. The number of hydrogen-bond acceptors (Lipinski definition) is 4. The fourth-order valence-electron chi connectivity index (χ4n) is 5.37. The maximum Gasteiger partial charge on any atom is 0.309 e. The van der Waals surface area contributed by atoms with Crippen LogP contribution in [0, 0.1) is 17.6 Å². The van der Waals surface area contributed by atoms with E-state index >= 15 is 0 Å².